The highest BCUT2D eigenvalue weighted by molar-refractivity contribution is 6.26. The summed E-state index contributed by atoms with van der Waals surface area (Å²) in [4.78, 5) is 21.7. The second kappa shape index (κ2) is 7.50. The summed E-state index contributed by atoms with van der Waals surface area (Å²) < 4.78 is 9.74. The molecule has 0 radical (unpaired) electrons. The molecule has 1 rings (SSSR count). The van der Waals surface area contributed by atoms with Gasteiger partial charge in [-0.2, -0.15) is 0 Å². The van der Waals surface area contributed by atoms with E-state index in [1.165, 1.54) is 0 Å². The summed E-state index contributed by atoms with van der Waals surface area (Å²) >= 11 is 5.30. The number of ether oxygens (including phenoxy) is 2. The zero-order chi connectivity index (χ0) is 13.4. The molecule has 18 heavy (non-hydrogen) atoms. The van der Waals surface area contributed by atoms with Gasteiger partial charge in [-0.15, -0.1) is 11.6 Å². The zero-order valence-corrected chi connectivity index (χ0v) is 10.5. The maximum Gasteiger partial charge on any atom is 0.330 e. The Hall–Kier alpha value is -1.81. The lowest BCUT2D eigenvalue weighted by atomic mass is 10.1. The molecule has 1 aromatic rings. The number of benzene rings is 1. The number of hydrogen-bond acceptors (Lipinski definition) is 4. The predicted octanol–water partition coefficient (Wildman–Crippen LogP) is 2.20. The Kier molecular flexibility index (Phi) is 5.94. The van der Waals surface area contributed by atoms with Crippen LogP contribution in [-0.4, -0.2) is 17.8 Å². The number of hydrogen-bond donors (Lipinski definition) is 0. The first-order valence-electron chi connectivity index (χ1n) is 5.24. The monoisotopic (exact) mass is 268 g/mol. The molecular weight excluding hydrogens is 256 g/mol. The Morgan fingerprint density at radius 1 is 1.11 bits per heavy atom. The van der Waals surface area contributed by atoms with E-state index >= 15 is 0 Å². The third kappa shape index (κ3) is 5.01. The van der Waals surface area contributed by atoms with Crippen molar-refractivity contribution in [1.29, 1.82) is 0 Å². The van der Waals surface area contributed by atoms with Crippen molar-refractivity contribution >= 4 is 23.5 Å². The fourth-order valence-corrected chi connectivity index (χ4v) is 1.22. The topological polar surface area (TPSA) is 52.6 Å². The van der Waals surface area contributed by atoms with E-state index in [9.17, 15) is 9.59 Å². The van der Waals surface area contributed by atoms with Crippen LogP contribution in [0.1, 0.15) is 11.1 Å². The molecule has 0 aliphatic heterocycles. The van der Waals surface area contributed by atoms with Gasteiger partial charge in [0.2, 0.25) is 0 Å². The average Bonchev–Trinajstić information content (AvgIpc) is 2.43. The predicted molar refractivity (Wildman–Crippen MR) is 67.0 cm³/mol. The van der Waals surface area contributed by atoms with E-state index < -0.39 is 11.9 Å². The van der Waals surface area contributed by atoms with Crippen LogP contribution in [0.15, 0.2) is 36.9 Å². The van der Waals surface area contributed by atoms with Crippen molar-refractivity contribution in [2.75, 3.05) is 5.88 Å². The molecule has 0 aromatic heterocycles. The number of esters is 2. The standard InChI is InChI=1S/C13H13ClO4/c1-2-12(15)17-8-10-3-5-11(6-4-10)9-18-13(16)7-14/h2-6H,1,7-9H2. The van der Waals surface area contributed by atoms with Crippen molar-refractivity contribution in [3.63, 3.8) is 0 Å². The van der Waals surface area contributed by atoms with Gasteiger partial charge in [-0.3, -0.25) is 4.79 Å². The van der Waals surface area contributed by atoms with Gasteiger partial charge in [-0.1, -0.05) is 30.8 Å². The highest BCUT2D eigenvalue weighted by Gasteiger charge is 2.02. The van der Waals surface area contributed by atoms with Gasteiger partial charge < -0.3 is 9.47 Å². The molecule has 0 amide bonds. The molecule has 0 unspecified atom stereocenters. The molecular formula is C13H13ClO4. The first kappa shape index (κ1) is 14.3. The summed E-state index contributed by atoms with van der Waals surface area (Å²) in [7, 11) is 0. The van der Waals surface area contributed by atoms with Crippen LogP contribution in [0.2, 0.25) is 0 Å². The molecule has 5 heteroatoms. The van der Waals surface area contributed by atoms with E-state index in [2.05, 4.69) is 6.58 Å². The van der Waals surface area contributed by atoms with Crippen LogP contribution < -0.4 is 0 Å². The quantitative estimate of drug-likeness (QED) is 0.451. The highest BCUT2D eigenvalue weighted by atomic mass is 35.5. The van der Waals surface area contributed by atoms with Crippen LogP contribution in [0.4, 0.5) is 0 Å². The average molecular weight is 269 g/mol. The largest absolute Gasteiger partial charge is 0.460 e. The second-order valence-corrected chi connectivity index (χ2v) is 3.69. The van der Waals surface area contributed by atoms with E-state index in [-0.39, 0.29) is 19.1 Å². The summed E-state index contributed by atoms with van der Waals surface area (Å²) in [6, 6.07) is 7.16. The molecule has 0 aliphatic carbocycles. The summed E-state index contributed by atoms with van der Waals surface area (Å²) in [5, 5.41) is 0. The van der Waals surface area contributed by atoms with Crippen molar-refractivity contribution in [1.82, 2.24) is 0 Å². The molecule has 0 spiro atoms. The summed E-state index contributed by atoms with van der Waals surface area (Å²) in [5.74, 6) is -1.08. The van der Waals surface area contributed by atoms with Crippen molar-refractivity contribution in [3.05, 3.63) is 48.0 Å². The van der Waals surface area contributed by atoms with Crippen LogP contribution in [0.5, 0.6) is 0 Å². The molecule has 4 nitrogen and oxygen atoms in total. The van der Waals surface area contributed by atoms with Crippen molar-refractivity contribution < 1.29 is 19.1 Å². The lowest BCUT2D eigenvalue weighted by molar-refractivity contribution is -0.142. The zero-order valence-electron chi connectivity index (χ0n) is 9.73. The Labute approximate surface area is 110 Å². The summed E-state index contributed by atoms with van der Waals surface area (Å²) in [6.07, 6.45) is 1.11. The van der Waals surface area contributed by atoms with E-state index in [1.807, 2.05) is 0 Å². The number of carbonyl (C=O) groups excluding carboxylic acids is 2. The van der Waals surface area contributed by atoms with Gasteiger partial charge in [0.1, 0.15) is 19.1 Å². The molecule has 0 saturated carbocycles. The van der Waals surface area contributed by atoms with E-state index in [0.29, 0.717) is 0 Å². The van der Waals surface area contributed by atoms with Crippen LogP contribution in [0, 0.1) is 0 Å². The van der Waals surface area contributed by atoms with Crippen molar-refractivity contribution in [2.45, 2.75) is 13.2 Å². The molecule has 0 saturated heterocycles. The van der Waals surface area contributed by atoms with Gasteiger partial charge in [-0.05, 0) is 11.1 Å². The number of halogens is 1. The van der Waals surface area contributed by atoms with Crippen molar-refractivity contribution in [2.24, 2.45) is 0 Å². The second-order valence-electron chi connectivity index (χ2n) is 3.42. The molecule has 0 fully saturated rings. The van der Waals surface area contributed by atoms with Gasteiger partial charge in [0.05, 0.1) is 0 Å². The number of rotatable bonds is 6. The lowest BCUT2D eigenvalue weighted by Gasteiger charge is -2.05. The molecule has 0 aliphatic rings. The van der Waals surface area contributed by atoms with Crippen molar-refractivity contribution in [3.8, 4) is 0 Å². The van der Waals surface area contributed by atoms with Crippen LogP contribution >= 0.6 is 11.6 Å². The van der Waals surface area contributed by atoms with Crippen LogP contribution in [0.3, 0.4) is 0 Å². The third-order valence-corrected chi connectivity index (χ3v) is 2.30. The number of alkyl halides is 1. The minimum Gasteiger partial charge on any atom is -0.460 e. The van der Waals surface area contributed by atoms with Crippen LogP contribution in [-0.2, 0) is 32.3 Å². The highest BCUT2D eigenvalue weighted by Crippen LogP contribution is 2.07. The van der Waals surface area contributed by atoms with Gasteiger partial charge in [0.15, 0.2) is 0 Å². The minimum atomic E-state index is -0.463. The third-order valence-electron chi connectivity index (χ3n) is 2.08. The van der Waals surface area contributed by atoms with E-state index in [1.54, 1.807) is 24.3 Å². The van der Waals surface area contributed by atoms with Gasteiger partial charge in [0.25, 0.3) is 0 Å². The van der Waals surface area contributed by atoms with Crippen LogP contribution in [0.25, 0.3) is 0 Å². The Morgan fingerprint density at radius 3 is 2.06 bits per heavy atom. The normalized spacial score (nSPS) is 9.61. The smallest absolute Gasteiger partial charge is 0.330 e. The minimum absolute atomic E-state index is 0.157. The first-order chi connectivity index (χ1) is 8.65. The summed E-state index contributed by atoms with van der Waals surface area (Å²) in [5.41, 5.74) is 1.69. The molecule has 0 bridgehead atoms. The first-order valence-corrected chi connectivity index (χ1v) is 5.77. The maximum atomic E-state index is 10.9. The van der Waals surface area contributed by atoms with Gasteiger partial charge >= 0.3 is 11.9 Å². The lowest BCUT2D eigenvalue weighted by Crippen LogP contribution is -2.05. The molecule has 0 N–H and O–H groups in total. The Bertz CT molecular complexity index is 425. The maximum absolute atomic E-state index is 10.9. The number of carbonyl (C=O) groups is 2. The molecule has 1 aromatic carbocycles. The molecule has 0 heterocycles. The summed E-state index contributed by atoms with van der Waals surface area (Å²) in [6.45, 7) is 3.67. The molecule has 0 atom stereocenters. The Balaban J connectivity index is 2.44. The Morgan fingerprint density at radius 2 is 1.61 bits per heavy atom. The van der Waals surface area contributed by atoms with E-state index in [0.717, 1.165) is 17.2 Å². The fraction of sp³-hybridized carbons (Fsp3) is 0.231. The molecule has 96 valence electrons. The SMILES string of the molecule is C=CC(=O)OCc1ccc(COC(=O)CCl)cc1. The van der Waals surface area contributed by atoms with Gasteiger partial charge in [-0.25, -0.2) is 4.79 Å². The fourth-order valence-electron chi connectivity index (χ4n) is 1.15. The van der Waals surface area contributed by atoms with E-state index in [4.69, 9.17) is 21.1 Å². The van der Waals surface area contributed by atoms with Gasteiger partial charge in [0, 0.05) is 6.08 Å².